The van der Waals surface area contributed by atoms with Gasteiger partial charge in [0.2, 0.25) is 0 Å². The van der Waals surface area contributed by atoms with Gasteiger partial charge in [0, 0.05) is 33.4 Å². The van der Waals surface area contributed by atoms with Crippen LogP contribution in [-0.4, -0.2) is 24.9 Å². The molecule has 5 heteroatoms. The van der Waals surface area contributed by atoms with Crippen LogP contribution in [0.15, 0.2) is 297 Å². The molecule has 0 fully saturated rings. The van der Waals surface area contributed by atoms with Crippen LogP contribution in [0.4, 0.5) is 0 Å². The lowest BCUT2D eigenvalue weighted by Crippen LogP contribution is -2.00. The van der Waals surface area contributed by atoms with Crippen molar-refractivity contribution in [2.24, 2.45) is 0 Å². The van der Waals surface area contributed by atoms with E-state index in [2.05, 4.69) is 273 Å². The Hall–Kier alpha value is -10.5. The van der Waals surface area contributed by atoms with Gasteiger partial charge in [-0.05, 0) is 103 Å². The molecule has 0 saturated carbocycles. The highest BCUT2D eigenvalue weighted by Crippen LogP contribution is 2.36. The Morgan fingerprint density at radius 1 is 0.128 bits per heavy atom. The van der Waals surface area contributed by atoms with E-state index in [1.54, 1.807) is 0 Å². The molecule has 5 nitrogen and oxygen atoms in total. The van der Waals surface area contributed by atoms with Crippen LogP contribution >= 0.6 is 0 Å². The molecule has 0 N–H and O–H groups in total. The predicted molar refractivity (Wildman–Crippen MR) is 321 cm³/mol. The second kappa shape index (κ2) is 21.4. The fraction of sp³-hybridized carbons (Fsp3) is 0. The second-order valence-electron chi connectivity index (χ2n) is 19.3. The molecule has 0 saturated heterocycles. The SMILES string of the molecule is c1ccc(-c2ccc(-c3nc(-c4cccc(-c5ccccc5)c4)cc(-c4cccc(-c5cccc(-c6cccc(-c7nc(-c8ccc(-c9ccccc9)cc8)nc(-c8cccc(-c9ccccc9)c8)n7)c6)c5)c4)n3)cc2)cc1. The molecule has 0 spiro atoms. The summed E-state index contributed by atoms with van der Waals surface area (Å²) in [4.78, 5) is 26.0. The third kappa shape index (κ3) is 10.2. The van der Waals surface area contributed by atoms with Gasteiger partial charge in [0.25, 0.3) is 0 Å². The van der Waals surface area contributed by atoms with Crippen molar-refractivity contribution < 1.29 is 0 Å². The van der Waals surface area contributed by atoms with Crippen molar-refractivity contribution in [1.82, 2.24) is 24.9 Å². The summed E-state index contributed by atoms with van der Waals surface area (Å²) < 4.78 is 0. The van der Waals surface area contributed by atoms with Gasteiger partial charge >= 0.3 is 0 Å². The van der Waals surface area contributed by atoms with Gasteiger partial charge in [-0.25, -0.2) is 24.9 Å². The molecule has 0 amide bonds. The molecule has 0 aliphatic heterocycles. The van der Waals surface area contributed by atoms with Gasteiger partial charge in [-0.2, -0.15) is 0 Å². The monoisotopic (exact) mass is 995 g/mol. The highest BCUT2D eigenvalue weighted by Gasteiger charge is 2.17. The minimum atomic E-state index is 0.598. The molecule has 2 heterocycles. The Kier molecular flexibility index (Phi) is 13.0. The van der Waals surface area contributed by atoms with E-state index in [1.807, 2.05) is 24.3 Å². The zero-order valence-electron chi connectivity index (χ0n) is 42.5. The first-order valence-corrected chi connectivity index (χ1v) is 26.2. The van der Waals surface area contributed by atoms with Gasteiger partial charge in [0.1, 0.15) is 0 Å². The lowest BCUT2D eigenvalue weighted by molar-refractivity contribution is 1.07. The van der Waals surface area contributed by atoms with Crippen LogP contribution in [0.5, 0.6) is 0 Å². The molecule has 0 aliphatic carbocycles. The van der Waals surface area contributed by atoms with E-state index in [1.165, 1.54) is 5.56 Å². The summed E-state index contributed by atoms with van der Waals surface area (Å²) in [7, 11) is 0. The van der Waals surface area contributed by atoms with Crippen molar-refractivity contribution in [3.63, 3.8) is 0 Å². The maximum absolute atomic E-state index is 5.28. The number of hydrogen-bond acceptors (Lipinski definition) is 5. The lowest BCUT2D eigenvalue weighted by atomic mass is 9.96. The van der Waals surface area contributed by atoms with Gasteiger partial charge in [0.05, 0.1) is 11.4 Å². The number of rotatable bonds is 12. The molecule has 366 valence electrons. The molecule has 13 rings (SSSR count). The fourth-order valence-electron chi connectivity index (χ4n) is 10.1. The summed E-state index contributed by atoms with van der Waals surface area (Å²) in [6, 6.07) is 104. The topological polar surface area (TPSA) is 64.5 Å². The third-order valence-corrected chi connectivity index (χ3v) is 14.2. The van der Waals surface area contributed by atoms with Crippen molar-refractivity contribution >= 4 is 0 Å². The lowest BCUT2D eigenvalue weighted by Gasteiger charge is -2.13. The molecule has 0 atom stereocenters. The number of hydrogen-bond donors (Lipinski definition) is 0. The average molecular weight is 996 g/mol. The second-order valence-corrected chi connectivity index (χ2v) is 19.3. The Morgan fingerprint density at radius 3 is 0.679 bits per heavy atom. The zero-order chi connectivity index (χ0) is 52.0. The van der Waals surface area contributed by atoms with Crippen molar-refractivity contribution in [1.29, 1.82) is 0 Å². The van der Waals surface area contributed by atoms with Gasteiger partial charge < -0.3 is 0 Å². The van der Waals surface area contributed by atoms with Crippen molar-refractivity contribution in [3.8, 4) is 135 Å². The minimum absolute atomic E-state index is 0.598. The van der Waals surface area contributed by atoms with Gasteiger partial charge in [-0.3, -0.25) is 0 Å². The molecule has 0 bridgehead atoms. The van der Waals surface area contributed by atoms with Gasteiger partial charge in [-0.15, -0.1) is 0 Å². The molecule has 78 heavy (non-hydrogen) atoms. The first kappa shape index (κ1) is 47.2. The van der Waals surface area contributed by atoms with Gasteiger partial charge in [0.15, 0.2) is 23.3 Å². The highest BCUT2D eigenvalue weighted by molar-refractivity contribution is 5.82. The molecule has 11 aromatic carbocycles. The molecular formula is C73H49N5. The smallest absolute Gasteiger partial charge is 0.164 e. The molecule has 2 aromatic heterocycles. The summed E-state index contributed by atoms with van der Waals surface area (Å²) >= 11 is 0. The van der Waals surface area contributed by atoms with Crippen LogP contribution in [0.25, 0.3) is 135 Å². The summed E-state index contributed by atoms with van der Waals surface area (Å²) in [5.74, 6) is 2.48. The Bertz CT molecular complexity index is 3950. The summed E-state index contributed by atoms with van der Waals surface area (Å²) in [5, 5.41) is 0. The molecule has 13 aromatic rings. The van der Waals surface area contributed by atoms with Crippen LogP contribution < -0.4 is 0 Å². The van der Waals surface area contributed by atoms with Crippen LogP contribution in [-0.2, 0) is 0 Å². The average Bonchev–Trinajstić information content (AvgIpc) is 3.58. The molecule has 0 radical (unpaired) electrons. The first-order chi connectivity index (χ1) is 38.6. The quantitative estimate of drug-likeness (QED) is 0.122. The highest BCUT2D eigenvalue weighted by atomic mass is 15.0. The van der Waals surface area contributed by atoms with Crippen LogP contribution in [0.3, 0.4) is 0 Å². The first-order valence-electron chi connectivity index (χ1n) is 26.2. The number of aromatic nitrogens is 5. The third-order valence-electron chi connectivity index (χ3n) is 14.2. The Morgan fingerprint density at radius 2 is 0.333 bits per heavy atom. The van der Waals surface area contributed by atoms with Crippen molar-refractivity contribution in [2.45, 2.75) is 0 Å². The minimum Gasteiger partial charge on any atom is -0.228 e. The largest absolute Gasteiger partial charge is 0.228 e. The Balaban J connectivity index is 0.852. The van der Waals surface area contributed by atoms with E-state index >= 15 is 0 Å². The van der Waals surface area contributed by atoms with Crippen LogP contribution in [0, 0.1) is 0 Å². The maximum atomic E-state index is 5.28. The summed E-state index contributed by atoms with van der Waals surface area (Å²) in [6.07, 6.45) is 0. The maximum Gasteiger partial charge on any atom is 0.164 e. The summed E-state index contributed by atoms with van der Waals surface area (Å²) in [5.41, 5.74) is 20.8. The van der Waals surface area contributed by atoms with E-state index in [9.17, 15) is 0 Å². The number of nitrogens with zero attached hydrogens (tertiary/aromatic N) is 5. The van der Waals surface area contributed by atoms with Crippen LogP contribution in [0.2, 0.25) is 0 Å². The van der Waals surface area contributed by atoms with Crippen molar-refractivity contribution in [3.05, 3.63) is 297 Å². The normalized spacial score (nSPS) is 11.1. The van der Waals surface area contributed by atoms with Crippen molar-refractivity contribution in [2.75, 3.05) is 0 Å². The van der Waals surface area contributed by atoms with E-state index < -0.39 is 0 Å². The van der Waals surface area contributed by atoms with Gasteiger partial charge in [-0.1, -0.05) is 261 Å². The Labute approximate surface area is 454 Å². The molecule has 0 unspecified atom stereocenters. The molecular weight excluding hydrogens is 947 g/mol. The van der Waals surface area contributed by atoms with E-state index in [4.69, 9.17) is 24.9 Å². The van der Waals surface area contributed by atoms with E-state index in [-0.39, 0.29) is 0 Å². The fourth-order valence-corrected chi connectivity index (χ4v) is 10.1. The summed E-state index contributed by atoms with van der Waals surface area (Å²) in [6.45, 7) is 0. The zero-order valence-corrected chi connectivity index (χ0v) is 42.5. The predicted octanol–water partition coefficient (Wildman–Crippen LogP) is 18.7. The van der Waals surface area contributed by atoms with E-state index in [0.29, 0.717) is 23.3 Å². The van der Waals surface area contributed by atoms with Crippen LogP contribution in [0.1, 0.15) is 0 Å². The number of benzene rings is 11. The van der Waals surface area contributed by atoms with E-state index in [0.717, 1.165) is 106 Å². The molecule has 0 aliphatic rings. The standard InChI is InChI=1S/C73H49N5/c1-5-18-50(19-6-1)54-36-40-56(41-37-54)70-74-68(64-32-14-26-58(45-64)52-22-9-3-10-23-52)49-69(75-70)65-33-15-30-62(46-65)60-28-13-29-61(44-60)63-31-17-35-67(48-63)73-77-71(57-42-38-55(39-43-57)51-20-7-2-8-21-51)76-72(78-73)66-34-16-27-59(47-66)53-24-11-4-12-25-53/h1-49H.